The lowest BCUT2D eigenvalue weighted by Gasteiger charge is -2.12. The van der Waals surface area contributed by atoms with Gasteiger partial charge >= 0.3 is 0 Å². The Kier molecular flexibility index (Phi) is 5.18. The van der Waals surface area contributed by atoms with E-state index in [4.69, 9.17) is 5.10 Å². The third kappa shape index (κ3) is 4.02. The first kappa shape index (κ1) is 17.7. The zero-order valence-electron chi connectivity index (χ0n) is 14.8. The number of thiophene rings is 2. The van der Waals surface area contributed by atoms with Gasteiger partial charge in [-0.3, -0.25) is 4.79 Å². The van der Waals surface area contributed by atoms with Crippen LogP contribution in [-0.4, -0.2) is 21.7 Å². The van der Waals surface area contributed by atoms with E-state index in [2.05, 4.69) is 22.1 Å². The number of carbonyl (C=O) groups is 1. The molecule has 0 saturated heterocycles. The molecule has 1 N–H and O–H groups in total. The van der Waals surface area contributed by atoms with Crippen LogP contribution in [0.15, 0.2) is 70.9 Å². The smallest absolute Gasteiger partial charge is 0.255 e. The predicted molar refractivity (Wildman–Crippen MR) is 112 cm³/mol. The summed E-state index contributed by atoms with van der Waals surface area (Å²) < 4.78 is 1.77. The molecule has 0 aliphatic heterocycles. The molecule has 0 fully saturated rings. The highest BCUT2D eigenvalue weighted by atomic mass is 32.1. The van der Waals surface area contributed by atoms with E-state index in [1.165, 1.54) is 5.56 Å². The maximum absolute atomic E-state index is 13.0. The van der Waals surface area contributed by atoms with Crippen LogP contribution in [0.25, 0.3) is 16.3 Å². The Balaban J connectivity index is 1.62. The van der Waals surface area contributed by atoms with Gasteiger partial charge in [-0.15, -0.1) is 11.3 Å². The van der Waals surface area contributed by atoms with Crippen molar-refractivity contribution in [2.45, 2.75) is 19.4 Å². The third-order valence-corrected chi connectivity index (χ3v) is 5.84. The molecule has 0 aliphatic carbocycles. The molecule has 3 aromatic heterocycles. The Bertz CT molecular complexity index is 1010. The lowest BCUT2D eigenvalue weighted by molar-refractivity contribution is 0.0941. The zero-order chi connectivity index (χ0) is 18.6. The van der Waals surface area contributed by atoms with E-state index < -0.39 is 0 Å². The van der Waals surface area contributed by atoms with Crippen molar-refractivity contribution in [3.8, 4) is 16.3 Å². The van der Waals surface area contributed by atoms with Gasteiger partial charge in [0, 0.05) is 12.2 Å². The van der Waals surface area contributed by atoms with Gasteiger partial charge in [-0.25, -0.2) is 4.68 Å². The summed E-state index contributed by atoms with van der Waals surface area (Å²) in [5.74, 6) is -0.0942. The van der Waals surface area contributed by atoms with Crippen molar-refractivity contribution in [3.63, 3.8) is 0 Å². The summed E-state index contributed by atoms with van der Waals surface area (Å²) in [6.45, 7) is 2.03. The average Bonchev–Trinajstić information content (AvgIpc) is 3.43. The van der Waals surface area contributed by atoms with E-state index in [1.807, 2.05) is 61.0 Å². The topological polar surface area (TPSA) is 46.9 Å². The fourth-order valence-corrected chi connectivity index (χ4v) is 4.37. The molecule has 0 bridgehead atoms. The van der Waals surface area contributed by atoms with Gasteiger partial charge in [0.25, 0.3) is 5.91 Å². The summed E-state index contributed by atoms with van der Waals surface area (Å²) in [5.41, 5.74) is 3.49. The second kappa shape index (κ2) is 7.90. The van der Waals surface area contributed by atoms with Gasteiger partial charge in [0.1, 0.15) is 5.69 Å². The Morgan fingerprint density at radius 2 is 2.00 bits per heavy atom. The van der Waals surface area contributed by atoms with Crippen molar-refractivity contribution in [2.24, 2.45) is 0 Å². The maximum Gasteiger partial charge on any atom is 0.255 e. The first-order chi connectivity index (χ1) is 13.2. The van der Waals surface area contributed by atoms with Crippen LogP contribution in [0.2, 0.25) is 0 Å². The number of nitrogens with one attached hydrogen (secondary N) is 1. The van der Waals surface area contributed by atoms with Crippen LogP contribution < -0.4 is 5.32 Å². The minimum absolute atomic E-state index is 0.0448. The average molecular weight is 394 g/mol. The van der Waals surface area contributed by atoms with Crippen LogP contribution in [0.1, 0.15) is 22.8 Å². The number of nitrogens with zero attached hydrogens (tertiary/aromatic N) is 2. The van der Waals surface area contributed by atoms with Crippen molar-refractivity contribution < 1.29 is 4.79 Å². The summed E-state index contributed by atoms with van der Waals surface area (Å²) in [5, 5.41) is 14.0. The van der Waals surface area contributed by atoms with Crippen molar-refractivity contribution in [3.05, 3.63) is 82.0 Å². The molecule has 3 heterocycles. The highest BCUT2D eigenvalue weighted by molar-refractivity contribution is 7.13. The molecule has 4 aromatic rings. The number of hydrogen-bond acceptors (Lipinski definition) is 4. The normalized spacial score (nSPS) is 12.0. The SMILES string of the molecule is CC(Cc1ccsc1)NC(=O)c1cn(-c2ccccc2)nc1-c1cccs1. The number of amides is 1. The molecule has 27 heavy (non-hydrogen) atoms. The fraction of sp³-hybridized carbons (Fsp3) is 0.143. The Labute approximate surface area is 166 Å². The molecule has 0 radical (unpaired) electrons. The molecule has 4 rings (SSSR count). The standard InChI is InChI=1S/C21H19N3OS2/c1-15(12-16-9-11-26-14-16)22-21(25)18-13-24(17-6-3-2-4-7-17)23-20(18)19-8-5-10-27-19/h2-11,13-15H,12H2,1H3,(H,22,25). The molecule has 0 saturated carbocycles. The van der Waals surface area contributed by atoms with Gasteiger partial charge in [0.05, 0.1) is 16.1 Å². The molecular weight excluding hydrogens is 374 g/mol. The number of rotatable bonds is 6. The third-order valence-electron chi connectivity index (χ3n) is 4.23. The quantitative estimate of drug-likeness (QED) is 0.500. The number of para-hydroxylation sites is 1. The van der Waals surface area contributed by atoms with Crippen LogP contribution >= 0.6 is 22.7 Å². The van der Waals surface area contributed by atoms with Gasteiger partial charge in [0.15, 0.2) is 0 Å². The molecule has 1 atom stereocenters. The van der Waals surface area contributed by atoms with Gasteiger partial charge in [-0.1, -0.05) is 24.3 Å². The van der Waals surface area contributed by atoms with E-state index in [1.54, 1.807) is 27.4 Å². The Hall–Kier alpha value is -2.70. The summed E-state index contributed by atoms with van der Waals surface area (Å²) in [6, 6.07) is 16.0. The van der Waals surface area contributed by atoms with E-state index in [0.29, 0.717) is 11.3 Å². The van der Waals surface area contributed by atoms with Crippen LogP contribution in [-0.2, 0) is 6.42 Å². The second-order valence-electron chi connectivity index (χ2n) is 6.36. The fourth-order valence-electron chi connectivity index (χ4n) is 2.96. The number of hydrogen-bond donors (Lipinski definition) is 1. The first-order valence-electron chi connectivity index (χ1n) is 8.71. The minimum atomic E-state index is -0.0942. The van der Waals surface area contributed by atoms with E-state index >= 15 is 0 Å². The highest BCUT2D eigenvalue weighted by Gasteiger charge is 2.20. The van der Waals surface area contributed by atoms with Gasteiger partial charge in [0.2, 0.25) is 0 Å². The van der Waals surface area contributed by atoms with Crippen LogP contribution in [0.3, 0.4) is 0 Å². The number of carbonyl (C=O) groups excluding carboxylic acids is 1. The maximum atomic E-state index is 13.0. The van der Waals surface area contributed by atoms with Gasteiger partial charge in [-0.05, 0) is 59.3 Å². The summed E-state index contributed by atoms with van der Waals surface area (Å²) in [6.07, 6.45) is 2.63. The number of benzene rings is 1. The zero-order valence-corrected chi connectivity index (χ0v) is 16.5. The largest absolute Gasteiger partial charge is 0.349 e. The van der Waals surface area contributed by atoms with Crippen molar-refractivity contribution in [1.82, 2.24) is 15.1 Å². The van der Waals surface area contributed by atoms with Crippen molar-refractivity contribution >= 4 is 28.6 Å². The lowest BCUT2D eigenvalue weighted by Crippen LogP contribution is -2.34. The Morgan fingerprint density at radius 1 is 1.15 bits per heavy atom. The molecule has 1 unspecified atom stereocenters. The van der Waals surface area contributed by atoms with Crippen LogP contribution in [0.4, 0.5) is 0 Å². The second-order valence-corrected chi connectivity index (χ2v) is 8.09. The van der Waals surface area contributed by atoms with Gasteiger partial charge < -0.3 is 5.32 Å². The summed E-state index contributed by atoms with van der Waals surface area (Å²) in [4.78, 5) is 14.0. The molecule has 0 aliphatic rings. The van der Waals surface area contributed by atoms with Crippen LogP contribution in [0.5, 0.6) is 0 Å². The predicted octanol–water partition coefficient (Wildman–Crippen LogP) is 5.02. The first-order valence-corrected chi connectivity index (χ1v) is 10.5. The highest BCUT2D eigenvalue weighted by Crippen LogP contribution is 2.28. The van der Waals surface area contributed by atoms with E-state index in [0.717, 1.165) is 17.0 Å². The van der Waals surface area contributed by atoms with Gasteiger partial charge in [-0.2, -0.15) is 16.4 Å². The monoisotopic (exact) mass is 393 g/mol. The summed E-state index contributed by atoms with van der Waals surface area (Å²) in [7, 11) is 0. The Morgan fingerprint density at radius 3 is 2.70 bits per heavy atom. The van der Waals surface area contributed by atoms with E-state index in [9.17, 15) is 4.79 Å². The van der Waals surface area contributed by atoms with E-state index in [-0.39, 0.29) is 11.9 Å². The minimum Gasteiger partial charge on any atom is -0.349 e. The molecule has 136 valence electrons. The number of aromatic nitrogens is 2. The molecule has 4 nitrogen and oxygen atoms in total. The lowest BCUT2D eigenvalue weighted by atomic mass is 10.1. The van der Waals surface area contributed by atoms with Crippen molar-refractivity contribution in [1.29, 1.82) is 0 Å². The molecule has 0 spiro atoms. The molecular formula is C21H19N3OS2. The van der Waals surface area contributed by atoms with Crippen molar-refractivity contribution in [2.75, 3.05) is 0 Å². The van der Waals surface area contributed by atoms with Crippen LogP contribution in [0, 0.1) is 0 Å². The molecule has 1 amide bonds. The molecule has 1 aromatic carbocycles. The molecule has 6 heteroatoms. The summed E-state index contributed by atoms with van der Waals surface area (Å²) >= 11 is 3.26.